The van der Waals surface area contributed by atoms with Crippen LogP contribution >= 0.6 is 0 Å². The first-order valence-electron chi connectivity index (χ1n) is 7.85. The summed E-state index contributed by atoms with van der Waals surface area (Å²) in [5.74, 6) is -0.310. The van der Waals surface area contributed by atoms with Crippen LogP contribution in [0.4, 0.5) is 4.39 Å². The van der Waals surface area contributed by atoms with Crippen LogP contribution in [-0.2, 0) is 0 Å². The highest BCUT2D eigenvalue weighted by Crippen LogP contribution is 2.29. The Labute approximate surface area is 126 Å². The van der Waals surface area contributed by atoms with Crippen LogP contribution < -0.4 is 5.73 Å². The van der Waals surface area contributed by atoms with E-state index in [-0.39, 0.29) is 17.5 Å². The number of halogens is 1. The van der Waals surface area contributed by atoms with Gasteiger partial charge in [0, 0.05) is 12.6 Å². The molecule has 2 atom stereocenters. The van der Waals surface area contributed by atoms with E-state index in [4.69, 9.17) is 5.73 Å². The Bertz CT molecular complexity index is 504. The Balaban J connectivity index is 2.25. The van der Waals surface area contributed by atoms with E-state index in [1.165, 1.54) is 12.5 Å². The third kappa shape index (κ3) is 3.43. The number of carbonyl (C=O) groups excluding carboxylic acids is 1. The van der Waals surface area contributed by atoms with Gasteiger partial charge in [0.05, 0.1) is 5.56 Å². The summed E-state index contributed by atoms with van der Waals surface area (Å²) in [6.45, 7) is 4.95. The molecule has 0 saturated heterocycles. The largest absolute Gasteiger partial charge is 0.336 e. The molecule has 2 rings (SSSR count). The summed E-state index contributed by atoms with van der Waals surface area (Å²) in [5, 5.41) is 0. The van der Waals surface area contributed by atoms with Gasteiger partial charge >= 0.3 is 0 Å². The number of nitrogens with zero attached hydrogens (tertiary/aromatic N) is 1. The minimum Gasteiger partial charge on any atom is -0.336 e. The van der Waals surface area contributed by atoms with Crippen molar-refractivity contribution in [3.05, 3.63) is 35.1 Å². The van der Waals surface area contributed by atoms with Gasteiger partial charge in [-0.1, -0.05) is 18.9 Å². The van der Waals surface area contributed by atoms with Gasteiger partial charge in [-0.2, -0.15) is 0 Å². The molecule has 3 nitrogen and oxygen atoms in total. The Hall–Kier alpha value is -1.42. The number of aryl methyl sites for hydroxylation is 1. The quantitative estimate of drug-likeness (QED) is 0.927. The second kappa shape index (κ2) is 7.03. The molecular formula is C17H25FN2O. The maximum atomic E-state index is 14.1. The average molecular weight is 292 g/mol. The summed E-state index contributed by atoms with van der Waals surface area (Å²) >= 11 is 0. The lowest BCUT2D eigenvalue weighted by molar-refractivity contribution is 0.0555. The van der Waals surface area contributed by atoms with Crippen molar-refractivity contribution >= 4 is 5.91 Å². The van der Waals surface area contributed by atoms with E-state index < -0.39 is 5.82 Å². The fraction of sp³-hybridized carbons (Fsp3) is 0.588. The van der Waals surface area contributed by atoms with Gasteiger partial charge in [0.1, 0.15) is 5.82 Å². The summed E-state index contributed by atoms with van der Waals surface area (Å²) < 4.78 is 14.1. The maximum absolute atomic E-state index is 14.1. The van der Waals surface area contributed by atoms with Gasteiger partial charge < -0.3 is 10.6 Å². The molecule has 1 aromatic rings. The predicted octanol–water partition coefficient (Wildman–Crippen LogP) is 3.11. The Morgan fingerprint density at radius 2 is 2.10 bits per heavy atom. The monoisotopic (exact) mass is 292 g/mol. The lowest BCUT2D eigenvalue weighted by Gasteiger charge is -2.39. The first kappa shape index (κ1) is 16.0. The standard InChI is InChI=1S/C17H25FN2O/c1-3-20(16-7-5-4-6-13(16)11-19)17(21)14-9-8-12(2)10-15(14)18/h8-10,13,16H,3-7,11,19H2,1-2H3. The van der Waals surface area contributed by atoms with Crippen molar-refractivity contribution in [2.75, 3.05) is 13.1 Å². The molecule has 0 radical (unpaired) electrons. The average Bonchev–Trinajstić information content (AvgIpc) is 2.48. The molecule has 1 saturated carbocycles. The molecule has 1 aliphatic carbocycles. The molecule has 4 heteroatoms. The van der Waals surface area contributed by atoms with Crippen LogP contribution in [0, 0.1) is 18.7 Å². The zero-order valence-electron chi connectivity index (χ0n) is 12.9. The van der Waals surface area contributed by atoms with E-state index in [1.807, 2.05) is 18.7 Å². The van der Waals surface area contributed by atoms with Crippen LogP contribution in [0.25, 0.3) is 0 Å². The van der Waals surface area contributed by atoms with Gasteiger partial charge in [-0.05, 0) is 56.8 Å². The number of amides is 1. The van der Waals surface area contributed by atoms with Crippen molar-refractivity contribution in [1.29, 1.82) is 0 Å². The predicted molar refractivity (Wildman–Crippen MR) is 82.6 cm³/mol. The highest BCUT2D eigenvalue weighted by Gasteiger charge is 2.32. The van der Waals surface area contributed by atoms with E-state index in [0.29, 0.717) is 19.0 Å². The third-order valence-electron chi connectivity index (χ3n) is 4.53. The third-order valence-corrected chi connectivity index (χ3v) is 4.53. The summed E-state index contributed by atoms with van der Waals surface area (Å²) in [4.78, 5) is 14.5. The minimum absolute atomic E-state index is 0.141. The maximum Gasteiger partial charge on any atom is 0.257 e. The van der Waals surface area contributed by atoms with Crippen molar-refractivity contribution in [2.45, 2.75) is 45.6 Å². The fourth-order valence-electron chi connectivity index (χ4n) is 3.35. The highest BCUT2D eigenvalue weighted by atomic mass is 19.1. The Kier molecular flexibility index (Phi) is 5.34. The van der Waals surface area contributed by atoms with Gasteiger partial charge in [-0.25, -0.2) is 4.39 Å². The first-order valence-corrected chi connectivity index (χ1v) is 7.85. The molecule has 0 aliphatic heterocycles. The molecule has 0 bridgehead atoms. The van der Waals surface area contributed by atoms with Crippen LogP contribution in [0.1, 0.15) is 48.5 Å². The van der Waals surface area contributed by atoms with Crippen molar-refractivity contribution < 1.29 is 9.18 Å². The zero-order chi connectivity index (χ0) is 15.4. The normalized spacial score (nSPS) is 22.1. The van der Waals surface area contributed by atoms with Gasteiger partial charge in [-0.3, -0.25) is 4.79 Å². The molecule has 1 fully saturated rings. The topological polar surface area (TPSA) is 46.3 Å². The minimum atomic E-state index is -0.432. The van der Waals surface area contributed by atoms with Crippen molar-refractivity contribution in [2.24, 2.45) is 11.7 Å². The van der Waals surface area contributed by atoms with Gasteiger partial charge in [0.15, 0.2) is 0 Å². The number of nitrogens with two attached hydrogens (primary N) is 1. The van der Waals surface area contributed by atoms with E-state index in [2.05, 4.69) is 0 Å². The molecule has 2 unspecified atom stereocenters. The molecule has 0 aromatic heterocycles. The van der Waals surface area contributed by atoms with Gasteiger partial charge in [-0.15, -0.1) is 0 Å². The van der Waals surface area contributed by atoms with Gasteiger partial charge in [0.25, 0.3) is 5.91 Å². The van der Waals surface area contributed by atoms with Crippen LogP contribution in [0.15, 0.2) is 18.2 Å². The molecule has 2 N–H and O–H groups in total. The van der Waals surface area contributed by atoms with Crippen molar-refractivity contribution in [1.82, 2.24) is 4.90 Å². The molecule has 1 aliphatic rings. The van der Waals surface area contributed by atoms with E-state index >= 15 is 0 Å². The summed E-state index contributed by atoms with van der Waals surface area (Å²) in [6, 6.07) is 4.94. The van der Waals surface area contributed by atoms with Crippen molar-refractivity contribution in [3.8, 4) is 0 Å². The second-order valence-corrected chi connectivity index (χ2v) is 5.92. The molecule has 1 amide bonds. The Morgan fingerprint density at radius 1 is 1.38 bits per heavy atom. The number of carbonyl (C=O) groups is 1. The van der Waals surface area contributed by atoms with Crippen LogP contribution in [0.3, 0.4) is 0 Å². The van der Waals surface area contributed by atoms with Crippen molar-refractivity contribution in [3.63, 3.8) is 0 Å². The smallest absolute Gasteiger partial charge is 0.257 e. The SMILES string of the molecule is CCN(C(=O)c1ccc(C)cc1F)C1CCCCC1CN. The molecule has 0 heterocycles. The second-order valence-electron chi connectivity index (χ2n) is 5.92. The number of rotatable bonds is 4. The number of benzene rings is 1. The lowest BCUT2D eigenvalue weighted by atomic mass is 9.83. The Morgan fingerprint density at radius 3 is 2.71 bits per heavy atom. The summed E-state index contributed by atoms with van der Waals surface area (Å²) in [5.41, 5.74) is 6.86. The number of hydrogen-bond donors (Lipinski definition) is 1. The summed E-state index contributed by atoms with van der Waals surface area (Å²) in [7, 11) is 0. The number of hydrogen-bond acceptors (Lipinski definition) is 2. The highest BCUT2D eigenvalue weighted by molar-refractivity contribution is 5.94. The summed E-state index contributed by atoms with van der Waals surface area (Å²) in [6.07, 6.45) is 4.31. The van der Waals surface area contributed by atoms with E-state index in [9.17, 15) is 9.18 Å². The van der Waals surface area contributed by atoms with E-state index in [1.54, 1.807) is 12.1 Å². The van der Waals surface area contributed by atoms with Gasteiger partial charge in [0.2, 0.25) is 0 Å². The molecular weight excluding hydrogens is 267 g/mol. The van der Waals surface area contributed by atoms with E-state index in [0.717, 1.165) is 24.8 Å². The first-order chi connectivity index (χ1) is 10.1. The van der Waals surface area contributed by atoms with Crippen LogP contribution in [0.2, 0.25) is 0 Å². The molecule has 21 heavy (non-hydrogen) atoms. The fourth-order valence-corrected chi connectivity index (χ4v) is 3.35. The van der Waals surface area contributed by atoms with Crippen LogP contribution in [-0.4, -0.2) is 29.9 Å². The molecule has 0 spiro atoms. The lowest BCUT2D eigenvalue weighted by Crippen LogP contribution is -2.48. The zero-order valence-corrected chi connectivity index (χ0v) is 12.9. The molecule has 1 aromatic carbocycles. The van der Waals surface area contributed by atoms with Crippen LogP contribution in [0.5, 0.6) is 0 Å². The molecule has 116 valence electrons.